The van der Waals surface area contributed by atoms with E-state index >= 15 is 0 Å². The van der Waals surface area contributed by atoms with Gasteiger partial charge in [0.15, 0.2) is 0 Å². The van der Waals surface area contributed by atoms with Crippen LogP contribution in [0.1, 0.15) is 41.0 Å². The highest BCUT2D eigenvalue weighted by molar-refractivity contribution is 5.94. The largest absolute Gasteiger partial charge is 0.350 e. The summed E-state index contributed by atoms with van der Waals surface area (Å²) in [4.78, 5) is 15.9. The molecule has 0 saturated carbocycles. The summed E-state index contributed by atoms with van der Waals surface area (Å²) in [5, 5.41) is 2.85. The molecule has 1 amide bonds. The Morgan fingerprint density at radius 2 is 2.00 bits per heavy atom. The Labute approximate surface area is 99.0 Å². The Morgan fingerprint density at radius 3 is 2.44 bits per heavy atom. The molecule has 16 heavy (non-hydrogen) atoms. The molecular formula is C13H24N2O. The summed E-state index contributed by atoms with van der Waals surface area (Å²) in [5.41, 5.74) is 0.501. The molecular weight excluding hydrogens is 200 g/mol. The summed E-state index contributed by atoms with van der Waals surface area (Å²) in [6.45, 7) is 10.8. The van der Waals surface area contributed by atoms with Crippen molar-refractivity contribution in [1.29, 1.82) is 0 Å². The molecule has 3 nitrogen and oxygen atoms in total. The van der Waals surface area contributed by atoms with Crippen LogP contribution in [0.4, 0.5) is 0 Å². The Morgan fingerprint density at radius 1 is 1.38 bits per heavy atom. The number of hydrogen-bond donors (Lipinski definition) is 1. The van der Waals surface area contributed by atoms with Crippen molar-refractivity contribution in [2.24, 2.45) is 16.8 Å². The van der Waals surface area contributed by atoms with Gasteiger partial charge in [0.05, 0.1) is 0 Å². The van der Waals surface area contributed by atoms with Gasteiger partial charge in [0.1, 0.15) is 5.70 Å². The Kier molecular flexibility index (Phi) is 7.52. The van der Waals surface area contributed by atoms with E-state index in [0.29, 0.717) is 24.1 Å². The van der Waals surface area contributed by atoms with Crippen LogP contribution in [0.25, 0.3) is 0 Å². The Hall–Kier alpha value is -1.12. The Bertz CT molecular complexity index is 267. The number of nitrogens with one attached hydrogen (secondary N) is 1. The second-order valence-electron chi connectivity index (χ2n) is 4.44. The molecule has 0 rings (SSSR count). The third kappa shape index (κ3) is 6.38. The van der Waals surface area contributed by atoms with Crippen molar-refractivity contribution < 1.29 is 4.79 Å². The van der Waals surface area contributed by atoms with Gasteiger partial charge in [-0.1, -0.05) is 33.8 Å². The molecule has 0 saturated heterocycles. The first-order valence-electron chi connectivity index (χ1n) is 5.99. The molecule has 0 aliphatic rings. The van der Waals surface area contributed by atoms with E-state index in [-0.39, 0.29) is 5.91 Å². The SMILES string of the molecule is C/C=C(\N=C/C(C)CC)C(=O)NCC(C)C. The molecule has 0 aliphatic carbocycles. The smallest absolute Gasteiger partial charge is 0.269 e. The normalized spacial score (nSPS) is 14.5. The average Bonchev–Trinajstić information content (AvgIpc) is 2.26. The van der Waals surface area contributed by atoms with Crippen molar-refractivity contribution in [3.8, 4) is 0 Å². The van der Waals surface area contributed by atoms with Gasteiger partial charge < -0.3 is 5.32 Å². The lowest BCUT2D eigenvalue weighted by molar-refractivity contribution is -0.117. The summed E-state index contributed by atoms with van der Waals surface area (Å²) in [5.74, 6) is 0.782. The van der Waals surface area contributed by atoms with Gasteiger partial charge in [-0.3, -0.25) is 9.79 Å². The summed E-state index contributed by atoms with van der Waals surface area (Å²) in [7, 11) is 0. The molecule has 0 heterocycles. The minimum Gasteiger partial charge on any atom is -0.350 e. The Balaban J connectivity index is 4.29. The van der Waals surface area contributed by atoms with Gasteiger partial charge in [-0.25, -0.2) is 0 Å². The van der Waals surface area contributed by atoms with Gasteiger partial charge in [-0.15, -0.1) is 0 Å². The number of nitrogens with zero attached hydrogens (tertiary/aromatic N) is 1. The van der Waals surface area contributed by atoms with E-state index in [0.717, 1.165) is 6.42 Å². The predicted octanol–water partition coefficient (Wildman–Crippen LogP) is 2.78. The van der Waals surface area contributed by atoms with Crippen LogP contribution in [0.2, 0.25) is 0 Å². The van der Waals surface area contributed by atoms with Crippen molar-refractivity contribution >= 4 is 12.1 Å². The lowest BCUT2D eigenvalue weighted by atomic mass is 10.1. The molecule has 0 aromatic carbocycles. The van der Waals surface area contributed by atoms with E-state index in [1.54, 1.807) is 6.08 Å². The highest BCUT2D eigenvalue weighted by Crippen LogP contribution is 2.01. The zero-order valence-electron chi connectivity index (χ0n) is 11.1. The standard InChI is InChI=1S/C13H24N2O/c1-6-11(5)9-14-12(7-2)13(16)15-8-10(3)4/h7,9-11H,6,8H2,1-5H3,(H,15,16)/b12-7-,14-9-. The van der Waals surface area contributed by atoms with Gasteiger partial charge in [0.2, 0.25) is 0 Å². The lowest BCUT2D eigenvalue weighted by Gasteiger charge is -2.08. The number of amides is 1. The van der Waals surface area contributed by atoms with Gasteiger partial charge >= 0.3 is 0 Å². The maximum absolute atomic E-state index is 11.7. The molecule has 1 atom stereocenters. The minimum absolute atomic E-state index is 0.0873. The zero-order chi connectivity index (χ0) is 12.6. The molecule has 92 valence electrons. The molecule has 0 radical (unpaired) electrons. The minimum atomic E-state index is -0.0873. The number of hydrogen-bond acceptors (Lipinski definition) is 2. The first kappa shape index (κ1) is 14.9. The fourth-order valence-corrected chi connectivity index (χ4v) is 0.965. The van der Waals surface area contributed by atoms with Crippen LogP contribution in [-0.2, 0) is 4.79 Å². The molecule has 0 bridgehead atoms. The number of carbonyl (C=O) groups excluding carboxylic acids is 1. The van der Waals surface area contributed by atoms with Crippen molar-refractivity contribution in [2.75, 3.05) is 6.54 Å². The lowest BCUT2D eigenvalue weighted by Crippen LogP contribution is -2.28. The van der Waals surface area contributed by atoms with Gasteiger partial charge in [0, 0.05) is 12.8 Å². The first-order chi connectivity index (χ1) is 7.51. The van der Waals surface area contributed by atoms with E-state index in [9.17, 15) is 4.79 Å². The van der Waals surface area contributed by atoms with Crippen molar-refractivity contribution in [2.45, 2.75) is 41.0 Å². The van der Waals surface area contributed by atoms with Crippen molar-refractivity contribution in [3.05, 3.63) is 11.8 Å². The van der Waals surface area contributed by atoms with Crippen LogP contribution < -0.4 is 5.32 Å². The predicted molar refractivity (Wildman–Crippen MR) is 69.6 cm³/mol. The van der Waals surface area contributed by atoms with Crippen LogP contribution in [0.15, 0.2) is 16.8 Å². The topological polar surface area (TPSA) is 41.5 Å². The molecule has 0 aromatic rings. The maximum Gasteiger partial charge on any atom is 0.269 e. The molecule has 1 N–H and O–H groups in total. The number of allylic oxidation sites excluding steroid dienone is 1. The van der Waals surface area contributed by atoms with E-state index in [2.05, 4.69) is 38.0 Å². The average molecular weight is 224 g/mol. The molecule has 0 spiro atoms. The molecule has 3 heteroatoms. The van der Waals surface area contributed by atoms with Crippen LogP contribution in [0, 0.1) is 11.8 Å². The fraction of sp³-hybridized carbons (Fsp3) is 0.692. The molecule has 0 aromatic heterocycles. The first-order valence-corrected chi connectivity index (χ1v) is 5.99. The highest BCUT2D eigenvalue weighted by Gasteiger charge is 2.07. The maximum atomic E-state index is 11.7. The van der Waals surface area contributed by atoms with Crippen LogP contribution >= 0.6 is 0 Å². The van der Waals surface area contributed by atoms with Crippen LogP contribution in [0.5, 0.6) is 0 Å². The summed E-state index contributed by atoms with van der Waals surface area (Å²) in [6, 6.07) is 0. The van der Waals surface area contributed by atoms with Gasteiger partial charge in [0.25, 0.3) is 5.91 Å². The second kappa shape index (κ2) is 8.08. The molecule has 0 fully saturated rings. The third-order valence-corrected chi connectivity index (χ3v) is 2.29. The summed E-state index contributed by atoms with van der Waals surface area (Å²) >= 11 is 0. The quantitative estimate of drug-likeness (QED) is 0.547. The number of aliphatic imine (C=N–C) groups is 1. The van der Waals surface area contributed by atoms with E-state index < -0.39 is 0 Å². The summed E-state index contributed by atoms with van der Waals surface area (Å²) < 4.78 is 0. The second-order valence-corrected chi connectivity index (χ2v) is 4.44. The summed E-state index contributed by atoms with van der Waals surface area (Å²) in [6.07, 6.45) is 4.62. The number of rotatable bonds is 6. The molecule has 0 aliphatic heterocycles. The van der Waals surface area contributed by atoms with Crippen LogP contribution in [-0.4, -0.2) is 18.7 Å². The van der Waals surface area contributed by atoms with Crippen molar-refractivity contribution in [3.63, 3.8) is 0 Å². The van der Waals surface area contributed by atoms with Crippen LogP contribution in [0.3, 0.4) is 0 Å². The monoisotopic (exact) mass is 224 g/mol. The van der Waals surface area contributed by atoms with Gasteiger partial charge in [-0.2, -0.15) is 0 Å². The van der Waals surface area contributed by atoms with E-state index in [1.807, 2.05) is 13.1 Å². The zero-order valence-corrected chi connectivity index (χ0v) is 11.1. The van der Waals surface area contributed by atoms with Gasteiger partial charge in [-0.05, 0) is 25.2 Å². The van der Waals surface area contributed by atoms with Crippen molar-refractivity contribution in [1.82, 2.24) is 5.32 Å². The fourth-order valence-electron chi connectivity index (χ4n) is 0.965. The van der Waals surface area contributed by atoms with E-state index in [1.165, 1.54) is 0 Å². The highest BCUT2D eigenvalue weighted by atomic mass is 16.2. The van der Waals surface area contributed by atoms with E-state index in [4.69, 9.17) is 0 Å². The number of carbonyl (C=O) groups is 1. The third-order valence-electron chi connectivity index (χ3n) is 2.29. The molecule has 1 unspecified atom stereocenters.